The summed E-state index contributed by atoms with van der Waals surface area (Å²) in [7, 11) is 2.14. The zero-order chi connectivity index (χ0) is 14.5. The van der Waals surface area contributed by atoms with Gasteiger partial charge in [-0.3, -0.25) is 4.79 Å². The van der Waals surface area contributed by atoms with Gasteiger partial charge in [0.2, 0.25) is 0 Å². The molecule has 2 rings (SSSR count). The second-order valence-corrected chi connectivity index (χ2v) is 6.59. The first kappa shape index (κ1) is 15.2. The quantitative estimate of drug-likeness (QED) is 0.819. The van der Waals surface area contributed by atoms with Crippen molar-refractivity contribution in [1.82, 2.24) is 4.90 Å². The Morgan fingerprint density at radius 2 is 1.90 bits per heavy atom. The maximum atomic E-state index is 12.2. The SMILES string of the molecule is CC1CC(=O)C(CN(C)CCc2ccccc2)C(C)C1. The molecule has 1 aromatic rings. The average molecular weight is 273 g/mol. The van der Waals surface area contributed by atoms with E-state index in [1.807, 2.05) is 0 Å². The highest BCUT2D eigenvalue weighted by Crippen LogP contribution is 2.31. The summed E-state index contributed by atoms with van der Waals surface area (Å²) in [5.74, 6) is 1.82. The first-order valence-corrected chi connectivity index (χ1v) is 7.81. The number of ketones is 1. The molecule has 2 heteroatoms. The molecule has 0 N–H and O–H groups in total. The van der Waals surface area contributed by atoms with Gasteiger partial charge < -0.3 is 4.90 Å². The second kappa shape index (κ2) is 7.03. The third kappa shape index (κ3) is 4.17. The van der Waals surface area contributed by atoms with Crippen LogP contribution in [0.4, 0.5) is 0 Å². The predicted octanol–water partition coefficient (Wildman–Crippen LogP) is 3.41. The molecule has 20 heavy (non-hydrogen) atoms. The molecule has 0 aliphatic heterocycles. The summed E-state index contributed by atoms with van der Waals surface area (Å²) < 4.78 is 0. The van der Waals surface area contributed by atoms with E-state index < -0.39 is 0 Å². The van der Waals surface area contributed by atoms with Crippen LogP contribution >= 0.6 is 0 Å². The molecule has 3 atom stereocenters. The van der Waals surface area contributed by atoms with Gasteiger partial charge in [0, 0.05) is 25.4 Å². The van der Waals surface area contributed by atoms with Crippen LogP contribution in [0.2, 0.25) is 0 Å². The van der Waals surface area contributed by atoms with E-state index >= 15 is 0 Å². The van der Waals surface area contributed by atoms with E-state index in [0.29, 0.717) is 17.6 Å². The van der Waals surface area contributed by atoms with Crippen molar-refractivity contribution in [3.8, 4) is 0 Å². The second-order valence-electron chi connectivity index (χ2n) is 6.59. The minimum Gasteiger partial charge on any atom is -0.305 e. The Labute approximate surface area is 123 Å². The molecule has 0 saturated heterocycles. The molecule has 0 radical (unpaired) electrons. The lowest BCUT2D eigenvalue weighted by Crippen LogP contribution is -2.39. The van der Waals surface area contributed by atoms with Crippen molar-refractivity contribution in [3.63, 3.8) is 0 Å². The van der Waals surface area contributed by atoms with E-state index in [0.717, 1.165) is 25.9 Å². The van der Waals surface area contributed by atoms with Gasteiger partial charge in [-0.1, -0.05) is 44.2 Å². The van der Waals surface area contributed by atoms with Gasteiger partial charge in [-0.15, -0.1) is 0 Å². The van der Waals surface area contributed by atoms with Gasteiger partial charge in [0.05, 0.1) is 0 Å². The number of rotatable bonds is 5. The maximum absolute atomic E-state index is 12.2. The van der Waals surface area contributed by atoms with Gasteiger partial charge in [-0.05, 0) is 37.3 Å². The summed E-state index contributed by atoms with van der Waals surface area (Å²) in [4.78, 5) is 14.5. The Kier molecular flexibility index (Phi) is 5.36. The number of benzene rings is 1. The third-order valence-corrected chi connectivity index (χ3v) is 4.56. The lowest BCUT2D eigenvalue weighted by molar-refractivity contribution is -0.128. The minimum atomic E-state index is 0.243. The number of carbonyl (C=O) groups is 1. The fourth-order valence-electron chi connectivity index (χ4n) is 3.37. The maximum Gasteiger partial charge on any atom is 0.137 e. The van der Waals surface area contributed by atoms with Gasteiger partial charge in [-0.2, -0.15) is 0 Å². The number of hydrogen-bond donors (Lipinski definition) is 0. The van der Waals surface area contributed by atoms with Crippen LogP contribution in [-0.4, -0.2) is 30.8 Å². The smallest absolute Gasteiger partial charge is 0.137 e. The number of Topliss-reactive ketones (excluding diaryl/α,β-unsaturated/α-hetero) is 1. The minimum absolute atomic E-state index is 0.243. The molecule has 1 fully saturated rings. The van der Waals surface area contributed by atoms with Crippen molar-refractivity contribution < 1.29 is 4.79 Å². The van der Waals surface area contributed by atoms with E-state index in [9.17, 15) is 4.79 Å². The van der Waals surface area contributed by atoms with Crippen LogP contribution in [-0.2, 0) is 11.2 Å². The van der Waals surface area contributed by atoms with Gasteiger partial charge in [0.1, 0.15) is 5.78 Å². The largest absolute Gasteiger partial charge is 0.305 e. The van der Waals surface area contributed by atoms with Crippen LogP contribution in [0.25, 0.3) is 0 Å². The van der Waals surface area contributed by atoms with E-state index in [1.54, 1.807) is 0 Å². The zero-order valence-electron chi connectivity index (χ0n) is 13.0. The zero-order valence-corrected chi connectivity index (χ0v) is 13.0. The highest BCUT2D eigenvalue weighted by Gasteiger charge is 2.32. The van der Waals surface area contributed by atoms with Crippen molar-refractivity contribution in [2.75, 3.05) is 20.1 Å². The Hall–Kier alpha value is -1.15. The lowest BCUT2D eigenvalue weighted by atomic mass is 9.74. The summed E-state index contributed by atoms with van der Waals surface area (Å²) in [5.41, 5.74) is 1.37. The van der Waals surface area contributed by atoms with E-state index in [2.05, 4.69) is 56.1 Å². The topological polar surface area (TPSA) is 20.3 Å². The normalized spacial score (nSPS) is 27.0. The van der Waals surface area contributed by atoms with Crippen LogP contribution in [0, 0.1) is 17.8 Å². The van der Waals surface area contributed by atoms with Crippen molar-refractivity contribution >= 4 is 5.78 Å². The van der Waals surface area contributed by atoms with Gasteiger partial charge in [0.25, 0.3) is 0 Å². The van der Waals surface area contributed by atoms with Crippen molar-refractivity contribution in [2.24, 2.45) is 17.8 Å². The van der Waals surface area contributed by atoms with E-state index in [1.165, 1.54) is 12.0 Å². The van der Waals surface area contributed by atoms with Crippen molar-refractivity contribution in [1.29, 1.82) is 0 Å². The summed E-state index contributed by atoms with van der Waals surface area (Å²) in [5, 5.41) is 0. The molecule has 0 aromatic heterocycles. The van der Waals surface area contributed by atoms with Gasteiger partial charge in [0.15, 0.2) is 0 Å². The molecule has 2 nitrogen and oxygen atoms in total. The molecular formula is C18H27NO. The average Bonchev–Trinajstić information content (AvgIpc) is 2.42. The van der Waals surface area contributed by atoms with E-state index in [4.69, 9.17) is 0 Å². The molecule has 0 amide bonds. The van der Waals surface area contributed by atoms with Crippen LogP contribution in [0.5, 0.6) is 0 Å². The summed E-state index contributed by atoms with van der Waals surface area (Å²) in [6.07, 6.45) is 3.04. The van der Waals surface area contributed by atoms with Crippen molar-refractivity contribution in [3.05, 3.63) is 35.9 Å². The number of nitrogens with zero attached hydrogens (tertiary/aromatic N) is 1. The third-order valence-electron chi connectivity index (χ3n) is 4.56. The Morgan fingerprint density at radius 3 is 2.55 bits per heavy atom. The van der Waals surface area contributed by atoms with Crippen LogP contribution in [0.1, 0.15) is 32.3 Å². The summed E-state index contributed by atoms with van der Waals surface area (Å²) in [6.45, 7) is 6.38. The molecule has 0 spiro atoms. The molecular weight excluding hydrogens is 246 g/mol. The molecule has 110 valence electrons. The number of hydrogen-bond acceptors (Lipinski definition) is 2. The Morgan fingerprint density at radius 1 is 1.20 bits per heavy atom. The predicted molar refractivity (Wildman–Crippen MR) is 83.7 cm³/mol. The summed E-state index contributed by atoms with van der Waals surface area (Å²) >= 11 is 0. The molecule has 3 unspecified atom stereocenters. The molecule has 1 saturated carbocycles. The fourth-order valence-corrected chi connectivity index (χ4v) is 3.37. The Balaban J connectivity index is 1.82. The molecule has 0 bridgehead atoms. The molecule has 0 heterocycles. The van der Waals surface area contributed by atoms with Gasteiger partial charge >= 0.3 is 0 Å². The first-order valence-electron chi connectivity index (χ1n) is 7.81. The van der Waals surface area contributed by atoms with Crippen molar-refractivity contribution in [2.45, 2.75) is 33.1 Å². The summed E-state index contributed by atoms with van der Waals surface area (Å²) in [6, 6.07) is 10.6. The molecule has 1 aliphatic carbocycles. The highest BCUT2D eigenvalue weighted by molar-refractivity contribution is 5.82. The van der Waals surface area contributed by atoms with Gasteiger partial charge in [-0.25, -0.2) is 0 Å². The lowest BCUT2D eigenvalue weighted by Gasteiger charge is -2.34. The standard InChI is InChI=1S/C18H27NO/c1-14-11-15(2)17(18(20)12-14)13-19(3)10-9-16-7-5-4-6-8-16/h4-8,14-15,17H,9-13H2,1-3H3. The molecule has 1 aromatic carbocycles. The number of likely N-dealkylation sites (N-methyl/N-ethyl adjacent to an activating group) is 1. The molecule has 1 aliphatic rings. The Bertz CT molecular complexity index is 428. The van der Waals surface area contributed by atoms with Crippen LogP contribution in [0.3, 0.4) is 0 Å². The highest BCUT2D eigenvalue weighted by atomic mass is 16.1. The van der Waals surface area contributed by atoms with Crippen LogP contribution in [0.15, 0.2) is 30.3 Å². The van der Waals surface area contributed by atoms with E-state index in [-0.39, 0.29) is 5.92 Å². The fraction of sp³-hybridized carbons (Fsp3) is 0.611. The number of carbonyl (C=O) groups excluding carboxylic acids is 1. The van der Waals surface area contributed by atoms with Crippen LogP contribution < -0.4 is 0 Å². The monoisotopic (exact) mass is 273 g/mol. The first-order chi connectivity index (χ1) is 9.56.